The van der Waals surface area contributed by atoms with Crippen LogP contribution in [0, 0.1) is 0 Å². The number of hydrogen-bond donors (Lipinski definition) is 0. The molecular formula is C12H9Cl2NOS. The SMILES string of the molecule is O=C(Cc1cncs1)Cc1ccc(Cl)cc1Cl. The first-order valence-corrected chi connectivity index (χ1v) is 6.61. The lowest BCUT2D eigenvalue weighted by molar-refractivity contribution is -0.117. The molecule has 1 aromatic heterocycles. The van der Waals surface area contributed by atoms with E-state index in [1.54, 1.807) is 29.9 Å². The van der Waals surface area contributed by atoms with Gasteiger partial charge in [0.25, 0.3) is 0 Å². The fraction of sp³-hybridized carbons (Fsp3) is 0.167. The van der Waals surface area contributed by atoms with Gasteiger partial charge in [-0.05, 0) is 17.7 Å². The van der Waals surface area contributed by atoms with E-state index in [0.29, 0.717) is 22.9 Å². The van der Waals surface area contributed by atoms with Crippen LogP contribution in [-0.2, 0) is 17.6 Å². The topological polar surface area (TPSA) is 30.0 Å². The van der Waals surface area contributed by atoms with Gasteiger partial charge in [-0.15, -0.1) is 11.3 Å². The second-order valence-corrected chi connectivity index (χ2v) is 5.41. The Hall–Kier alpha value is -0.900. The lowest BCUT2D eigenvalue weighted by Crippen LogP contribution is -2.05. The highest BCUT2D eigenvalue weighted by molar-refractivity contribution is 7.09. The third-order valence-corrected chi connectivity index (χ3v) is 3.62. The van der Waals surface area contributed by atoms with Gasteiger partial charge in [0.15, 0.2) is 0 Å². The van der Waals surface area contributed by atoms with E-state index in [0.717, 1.165) is 10.4 Å². The van der Waals surface area contributed by atoms with Crippen molar-refractivity contribution in [3.8, 4) is 0 Å². The first kappa shape index (κ1) is 12.6. The number of nitrogens with zero attached hydrogens (tertiary/aromatic N) is 1. The van der Waals surface area contributed by atoms with Crippen molar-refractivity contribution in [3.05, 3.63) is 50.4 Å². The van der Waals surface area contributed by atoms with Crippen LogP contribution >= 0.6 is 34.5 Å². The molecular weight excluding hydrogens is 277 g/mol. The molecule has 0 aliphatic rings. The molecule has 0 atom stereocenters. The maximum atomic E-state index is 11.8. The fourth-order valence-electron chi connectivity index (χ4n) is 1.46. The van der Waals surface area contributed by atoms with Crippen LogP contribution in [0.15, 0.2) is 29.9 Å². The number of Topliss-reactive ketones (excluding diaryl/α,β-unsaturated/α-hetero) is 1. The Bertz CT molecular complexity index is 525. The van der Waals surface area contributed by atoms with Gasteiger partial charge in [-0.25, -0.2) is 0 Å². The highest BCUT2D eigenvalue weighted by Gasteiger charge is 2.09. The zero-order valence-electron chi connectivity index (χ0n) is 8.82. The second-order valence-electron chi connectivity index (χ2n) is 3.60. The zero-order chi connectivity index (χ0) is 12.3. The summed E-state index contributed by atoms with van der Waals surface area (Å²) in [6.07, 6.45) is 2.45. The summed E-state index contributed by atoms with van der Waals surface area (Å²) in [6, 6.07) is 5.18. The normalized spacial score (nSPS) is 10.5. The average Bonchev–Trinajstić information content (AvgIpc) is 2.75. The van der Waals surface area contributed by atoms with Crippen LogP contribution in [-0.4, -0.2) is 10.8 Å². The van der Waals surface area contributed by atoms with Crippen molar-refractivity contribution in [1.82, 2.24) is 4.98 Å². The number of aromatic nitrogens is 1. The van der Waals surface area contributed by atoms with Gasteiger partial charge in [0.05, 0.1) is 5.51 Å². The predicted octanol–water partition coefficient (Wildman–Crippen LogP) is 3.80. The zero-order valence-corrected chi connectivity index (χ0v) is 11.1. The Morgan fingerprint density at radius 2 is 2.12 bits per heavy atom. The van der Waals surface area contributed by atoms with Crippen LogP contribution in [0.2, 0.25) is 10.0 Å². The molecule has 0 saturated carbocycles. The average molecular weight is 286 g/mol. The number of carbonyl (C=O) groups is 1. The van der Waals surface area contributed by atoms with Crippen molar-refractivity contribution < 1.29 is 4.79 Å². The summed E-state index contributed by atoms with van der Waals surface area (Å²) in [5, 5.41) is 1.11. The highest BCUT2D eigenvalue weighted by atomic mass is 35.5. The largest absolute Gasteiger partial charge is 0.299 e. The van der Waals surface area contributed by atoms with Gasteiger partial charge in [-0.2, -0.15) is 0 Å². The molecule has 88 valence electrons. The minimum Gasteiger partial charge on any atom is -0.299 e. The van der Waals surface area contributed by atoms with Crippen molar-refractivity contribution in [3.63, 3.8) is 0 Å². The van der Waals surface area contributed by atoms with Gasteiger partial charge in [0.2, 0.25) is 0 Å². The molecule has 5 heteroatoms. The van der Waals surface area contributed by atoms with E-state index in [1.165, 1.54) is 11.3 Å². The number of rotatable bonds is 4. The number of benzene rings is 1. The quantitative estimate of drug-likeness (QED) is 0.855. The lowest BCUT2D eigenvalue weighted by Gasteiger charge is -2.03. The maximum absolute atomic E-state index is 11.8. The van der Waals surface area contributed by atoms with E-state index in [4.69, 9.17) is 23.2 Å². The number of hydrogen-bond acceptors (Lipinski definition) is 3. The van der Waals surface area contributed by atoms with Gasteiger partial charge < -0.3 is 0 Å². The Morgan fingerprint density at radius 3 is 2.76 bits per heavy atom. The molecule has 1 heterocycles. The third-order valence-electron chi connectivity index (χ3n) is 2.26. The number of halogens is 2. The number of carbonyl (C=O) groups excluding carboxylic acids is 1. The molecule has 0 N–H and O–H groups in total. The minimum absolute atomic E-state index is 0.124. The first-order valence-electron chi connectivity index (χ1n) is 4.98. The third kappa shape index (κ3) is 3.53. The van der Waals surface area contributed by atoms with Crippen molar-refractivity contribution in [2.45, 2.75) is 12.8 Å². The molecule has 0 aliphatic heterocycles. The van der Waals surface area contributed by atoms with Crippen LogP contribution < -0.4 is 0 Å². The molecule has 2 nitrogen and oxygen atoms in total. The number of ketones is 1. The summed E-state index contributed by atoms with van der Waals surface area (Å²) in [5.74, 6) is 0.124. The summed E-state index contributed by atoms with van der Waals surface area (Å²) < 4.78 is 0. The molecule has 0 bridgehead atoms. The maximum Gasteiger partial charge on any atom is 0.142 e. The molecule has 2 rings (SSSR count). The molecule has 17 heavy (non-hydrogen) atoms. The molecule has 0 saturated heterocycles. The lowest BCUT2D eigenvalue weighted by atomic mass is 10.1. The summed E-state index contributed by atoms with van der Waals surface area (Å²) in [7, 11) is 0. The monoisotopic (exact) mass is 285 g/mol. The summed E-state index contributed by atoms with van der Waals surface area (Å²) in [5.41, 5.74) is 2.53. The van der Waals surface area contributed by atoms with E-state index >= 15 is 0 Å². The molecule has 0 unspecified atom stereocenters. The molecule has 1 aromatic carbocycles. The standard InChI is InChI=1S/C12H9Cl2NOS/c13-9-2-1-8(12(14)4-9)3-10(16)5-11-6-15-7-17-11/h1-2,4,6-7H,3,5H2. The Morgan fingerprint density at radius 1 is 1.29 bits per heavy atom. The molecule has 0 spiro atoms. The molecule has 0 fully saturated rings. The van der Waals surface area contributed by atoms with Gasteiger partial charge in [0, 0.05) is 34.0 Å². The van der Waals surface area contributed by atoms with Crippen LogP contribution in [0.1, 0.15) is 10.4 Å². The van der Waals surface area contributed by atoms with Crippen molar-refractivity contribution in [2.75, 3.05) is 0 Å². The van der Waals surface area contributed by atoms with Crippen molar-refractivity contribution >= 4 is 40.3 Å². The van der Waals surface area contributed by atoms with Crippen molar-refractivity contribution in [1.29, 1.82) is 0 Å². The highest BCUT2D eigenvalue weighted by Crippen LogP contribution is 2.22. The summed E-state index contributed by atoms with van der Waals surface area (Å²) >= 11 is 13.3. The second kappa shape index (κ2) is 5.63. The smallest absolute Gasteiger partial charge is 0.142 e. The predicted molar refractivity (Wildman–Crippen MR) is 71.0 cm³/mol. The summed E-state index contributed by atoms with van der Waals surface area (Å²) in [6.45, 7) is 0. The van der Waals surface area contributed by atoms with Crippen LogP contribution in [0.5, 0.6) is 0 Å². The van der Waals surface area contributed by atoms with Gasteiger partial charge in [0.1, 0.15) is 5.78 Å². The molecule has 0 amide bonds. The van der Waals surface area contributed by atoms with E-state index in [2.05, 4.69) is 4.98 Å². The van der Waals surface area contributed by atoms with Gasteiger partial charge in [-0.3, -0.25) is 9.78 Å². The van der Waals surface area contributed by atoms with E-state index in [-0.39, 0.29) is 5.78 Å². The molecule has 2 aromatic rings. The van der Waals surface area contributed by atoms with Gasteiger partial charge >= 0.3 is 0 Å². The van der Waals surface area contributed by atoms with Crippen LogP contribution in [0.3, 0.4) is 0 Å². The Labute approximate surface area is 113 Å². The van der Waals surface area contributed by atoms with E-state index < -0.39 is 0 Å². The number of thiazole rings is 1. The van der Waals surface area contributed by atoms with E-state index in [1.807, 2.05) is 0 Å². The first-order chi connectivity index (χ1) is 8.15. The Kier molecular flexibility index (Phi) is 4.15. The van der Waals surface area contributed by atoms with Crippen molar-refractivity contribution in [2.24, 2.45) is 0 Å². The fourth-order valence-corrected chi connectivity index (χ4v) is 2.56. The van der Waals surface area contributed by atoms with E-state index in [9.17, 15) is 4.79 Å². The molecule has 0 radical (unpaired) electrons. The minimum atomic E-state index is 0.124. The molecule has 0 aliphatic carbocycles. The van der Waals surface area contributed by atoms with Gasteiger partial charge in [-0.1, -0.05) is 29.3 Å². The summed E-state index contributed by atoms with van der Waals surface area (Å²) in [4.78, 5) is 16.7. The Balaban J connectivity index is 2.03. The van der Waals surface area contributed by atoms with Crippen LogP contribution in [0.4, 0.5) is 0 Å². The van der Waals surface area contributed by atoms with Crippen LogP contribution in [0.25, 0.3) is 0 Å².